The highest BCUT2D eigenvalue weighted by Crippen LogP contribution is 2.18. The molecule has 0 amide bonds. The van der Waals surface area contributed by atoms with Gasteiger partial charge in [-0.25, -0.2) is 9.97 Å². The van der Waals surface area contributed by atoms with E-state index >= 15 is 0 Å². The highest BCUT2D eigenvalue weighted by molar-refractivity contribution is 5.66. The standard InChI is InChI=1S/C10H13N3.C6H9N3/c1-6-4-9(11)10-12-7(2)8(3)13(10)5-6;1-4-2-5(7)6(8)9-3-4/h4-5H,11H2,1-3H3;2-3H,7H2,1H3,(H2,8,9). The van der Waals surface area contributed by atoms with Crippen LogP contribution in [0.1, 0.15) is 22.5 Å². The number of rotatable bonds is 0. The summed E-state index contributed by atoms with van der Waals surface area (Å²) in [5.41, 5.74) is 23.2. The third kappa shape index (κ3) is 3.11. The van der Waals surface area contributed by atoms with Crippen LogP contribution in [0.4, 0.5) is 17.2 Å². The second-order valence-electron chi connectivity index (χ2n) is 5.44. The summed E-state index contributed by atoms with van der Waals surface area (Å²) in [7, 11) is 0. The molecule has 3 aromatic heterocycles. The van der Waals surface area contributed by atoms with E-state index in [0.717, 1.165) is 33.8 Å². The Morgan fingerprint density at radius 1 is 0.909 bits per heavy atom. The molecule has 0 aromatic carbocycles. The first kappa shape index (κ1) is 15.6. The summed E-state index contributed by atoms with van der Waals surface area (Å²) in [6, 6.07) is 3.74. The molecular weight excluding hydrogens is 276 g/mol. The average Bonchev–Trinajstić information content (AvgIpc) is 2.72. The maximum atomic E-state index is 5.86. The van der Waals surface area contributed by atoms with Crippen LogP contribution in [0.2, 0.25) is 0 Å². The molecule has 0 saturated heterocycles. The monoisotopic (exact) mass is 298 g/mol. The zero-order chi connectivity index (χ0) is 16.4. The van der Waals surface area contributed by atoms with Crippen molar-refractivity contribution in [1.29, 1.82) is 0 Å². The first-order valence-electron chi connectivity index (χ1n) is 6.98. The molecule has 3 rings (SSSR count). The van der Waals surface area contributed by atoms with Gasteiger partial charge in [-0.3, -0.25) is 0 Å². The Labute approximate surface area is 130 Å². The average molecular weight is 298 g/mol. The lowest BCUT2D eigenvalue weighted by molar-refractivity contribution is 1.08. The highest BCUT2D eigenvalue weighted by Gasteiger charge is 2.06. The smallest absolute Gasteiger partial charge is 0.160 e. The van der Waals surface area contributed by atoms with Crippen molar-refractivity contribution in [3.05, 3.63) is 47.0 Å². The van der Waals surface area contributed by atoms with Gasteiger partial charge >= 0.3 is 0 Å². The molecule has 0 aliphatic carbocycles. The van der Waals surface area contributed by atoms with Gasteiger partial charge in [0.1, 0.15) is 5.82 Å². The number of aromatic nitrogens is 3. The first-order chi connectivity index (χ1) is 10.3. The molecule has 0 spiro atoms. The Balaban J connectivity index is 0.000000172. The molecular formula is C16H22N6. The van der Waals surface area contributed by atoms with Gasteiger partial charge in [0, 0.05) is 18.1 Å². The molecule has 0 fully saturated rings. The van der Waals surface area contributed by atoms with Crippen LogP contribution < -0.4 is 17.2 Å². The normalized spacial score (nSPS) is 10.4. The Morgan fingerprint density at radius 3 is 2.14 bits per heavy atom. The SMILES string of the molecule is Cc1cc(N)c2nc(C)c(C)n2c1.Cc1cnc(N)c(N)c1. The zero-order valence-electron chi connectivity index (χ0n) is 13.4. The summed E-state index contributed by atoms with van der Waals surface area (Å²) >= 11 is 0. The van der Waals surface area contributed by atoms with Gasteiger partial charge in [0.2, 0.25) is 0 Å². The van der Waals surface area contributed by atoms with E-state index in [1.165, 1.54) is 0 Å². The van der Waals surface area contributed by atoms with Crippen molar-refractivity contribution in [3.8, 4) is 0 Å². The quantitative estimate of drug-likeness (QED) is 0.590. The summed E-state index contributed by atoms with van der Waals surface area (Å²) in [6.07, 6.45) is 3.74. The predicted octanol–water partition coefficient (Wildman–Crippen LogP) is 2.40. The van der Waals surface area contributed by atoms with Gasteiger partial charge in [-0.15, -0.1) is 0 Å². The largest absolute Gasteiger partial charge is 0.396 e. The third-order valence-corrected chi connectivity index (χ3v) is 3.45. The molecule has 6 nitrogen and oxygen atoms in total. The molecule has 3 aromatic rings. The Bertz CT molecular complexity index is 819. The molecule has 0 radical (unpaired) electrons. The number of hydrogen-bond acceptors (Lipinski definition) is 5. The number of anilines is 3. The minimum absolute atomic E-state index is 0.403. The Morgan fingerprint density at radius 2 is 1.55 bits per heavy atom. The van der Waals surface area contributed by atoms with Crippen molar-refractivity contribution >= 4 is 22.8 Å². The molecule has 0 saturated carbocycles. The van der Waals surface area contributed by atoms with Gasteiger partial charge in [-0.1, -0.05) is 0 Å². The fourth-order valence-corrected chi connectivity index (χ4v) is 2.14. The number of aryl methyl sites for hydroxylation is 4. The van der Waals surface area contributed by atoms with Crippen LogP contribution in [-0.4, -0.2) is 14.4 Å². The van der Waals surface area contributed by atoms with Crippen molar-refractivity contribution in [2.75, 3.05) is 17.2 Å². The van der Waals surface area contributed by atoms with Gasteiger partial charge < -0.3 is 21.6 Å². The third-order valence-electron chi connectivity index (χ3n) is 3.45. The van der Waals surface area contributed by atoms with Gasteiger partial charge in [-0.2, -0.15) is 0 Å². The van der Waals surface area contributed by atoms with E-state index < -0.39 is 0 Å². The fraction of sp³-hybridized carbons (Fsp3) is 0.250. The molecule has 6 heteroatoms. The molecule has 0 unspecified atom stereocenters. The van der Waals surface area contributed by atoms with Crippen LogP contribution in [0.15, 0.2) is 24.5 Å². The number of pyridine rings is 2. The predicted molar refractivity (Wildman–Crippen MR) is 91.6 cm³/mol. The molecule has 6 N–H and O–H groups in total. The van der Waals surface area contributed by atoms with Crippen LogP contribution in [0.25, 0.3) is 5.65 Å². The van der Waals surface area contributed by atoms with Gasteiger partial charge in [0.15, 0.2) is 5.65 Å². The molecule has 22 heavy (non-hydrogen) atoms. The van der Waals surface area contributed by atoms with E-state index in [1.807, 2.05) is 38.2 Å². The van der Waals surface area contributed by atoms with Crippen LogP contribution in [-0.2, 0) is 0 Å². The highest BCUT2D eigenvalue weighted by atomic mass is 15.0. The minimum atomic E-state index is 0.403. The number of hydrogen-bond donors (Lipinski definition) is 3. The van der Waals surface area contributed by atoms with Crippen molar-refractivity contribution in [2.24, 2.45) is 0 Å². The summed E-state index contributed by atoms with van der Waals surface area (Å²) in [4.78, 5) is 8.22. The second-order valence-corrected chi connectivity index (χ2v) is 5.44. The van der Waals surface area contributed by atoms with E-state index in [4.69, 9.17) is 17.2 Å². The number of imidazole rings is 1. The topological polar surface area (TPSA) is 108 Å². The molecule has 3 heterocycles. The Hall–Kier alpha value is -2.76. The lowest BCUT2D eigenvalue weighted by Crippen LogP contribution is -1.97. The minimum Gasteiger partial charge on any atom is -0.396 e. The summed E-state index contributed by atoms with van der Waals surface area (Å²) in [5.74, 6) is 0.403. The second kappa shape index (κ2) is 5.93. The number of nitrogens with two attached hydrogens (primary N) is 3. The van der Waals surface area contributed by atoms with Crippen LogP contribution >= 0.6 is 0 Å². The Kier molecular flexibility index (Phi) is 4.21. The molecule has 116 valence electrons. The fourth-order valence-electron chi connectivity index (χ4n) is 2.14. The van der Waals surface area contributed by atoms with Crippen molar-refractivity contribution in [1.82, 2.24) is 14.4 Å². The lowest BCUT2D eigenvalue weighted by Gasteiger charge is -2.01. The number of nitrogen functional groups attached to an aromatic ring is 3. The van der Waals surface area contributed by atoms with Gasteiger partial charge in [0.05, 0.1) is 17.1 Å². The summed E-state index contributed by atoms with van der Waals surface area (Å²) in [5, 5.41) is 0. The van der Waals surface area contributed by atoms with E-state index in [1.54, 1.807) is 12.3 Å². The zero-order valence-corrected chi connectivity index (χ0v) is 13.4. The van der Waals surface area contributed by atoms with Crippen LogP contribution in [0.3, 0.4) is 0 Å². The van der Waals surface area contributed by atoms with Crippen LogP contribution in [0.5, 0.6) is 0 Å². The van der Waals surface area contributed by atoms with E-state index in [-0.39, 0.29) is 0 Å². The lowest BCUT2D eigenvalue weighted by atomic mass is 10.3. The molecule has 0 bridgehead atoms. The first-order valence-corrected chi connectivity index (χ1v) is 6.98. The van der Waals surface area contributed by atoms with E-state index in [0.29, 0.717) is 11.5 Å². The maximum Gasteiger partial charge on any atom is 0.160 e. The maximum absolute atomic E-state index is 5.86. The molecule has 0 atom stereocenters. The van der Waals surface area contributed by atoms with E-state index in [9.17, 15) is 0 Å². The van der Waals surface area contributed by atoms with E-state index in [2.05, 4.69) is 16.2 Å². The number of fused-ring (bicyclic) bond motifs is 1. The van der Waals surface area contributed by atoms with Crippen molar-refractivity contribution in [2.45, 2.75) is 27.7 Å². The summed E-state index contributed by atoms with van der Waals surface area (Å²) < 4.78 is 2.04. The van der Waals surface area contributed by atoms with Crippen LogP contribution in [0, 0.1) is 27.7 Å². The number of nitrogens with zero attached hydrogens (tertiary/aromatic N) is 3. The van der Waals surface area contributed by atoms with Crippen molar-refractivity contribution in [3.63, 3.8) is 0 Å². The van der Waals surface area contributed by atoms with Crippen molar-refractivity contribution < 1.29 is 0 Å². The van der Waals surface area contributed by atoms with Gasteiger partial charge in [-0.05, 0) is 51.0 Å². The van der Waals surface area contributed by atoms with Gasteiger partial charge in [0.25, 0.3) is 0 Å². The molecule has 0 aliphatic heterocycles. The summed E-state index contributed by atoms with van der Waals surface area (Å²) in [6.45, 7) is 8.00. The molecule has 0 aliphatic rings.